The van der Waals surface area contributed by atoms with Crippen LogP contribution in [-0.4, -0.2) is 36.5 Å². The first-order valence-corrected chi connectivity index (χ1v) is 7.62. The molecule has 2 aliphatic rings. The maximum atomic E-state index is 12.1. The van der Waals surface area contributed by atoms with Gasteiger partial charge >= 0.3 is 0 Å². The van der Waals surface area contributed by atoms with Gasteiger partial charge in [-0.3, -0.25) is 4.79 Å². The number of carbonyl (C=O) groups is 1. The Kier molecular flexibility index (Phi) is 4.66. The zero-order valence-electron chi connectivity index (χ0n) is 12.0. The minimum absolute atomic E-state index is 0.344. The van der Waals surface area contributed by atoms with E-state index in [9.17, 15) is 4.79 Å². The SMILES string of the molecule is CC(C)NCCC(=O)N1CCC2(CCCC2)CC1. The molecule has 1 saturated heterocycles. The van der Waals surface area contributed by atoms with Crippen molar-refractivity contribution >= 4 is 5.91 Å². The van der Waals surface area contributed by atoms with Crippen LogP contribution in [0, 0.1) is 5.41 Å². The van der Waals surface area contributed by atoms with Crippen LogP contribution in [0.1, 0.15) is 58.8 Å². The number of likely N-dealkylation sites (tertiary alicyclic amines) is 1. The molecule has 1 spiro atoms. The summed E-state index contributed by atoms with van der Waals surface area (Å²) < 4.78 is 0. The van der Waals surface area contributed by atoms with Gasteiger partial charge in [-0.15, -0.1) is 0 Å². The summed E-state index contributed by atoms with van der Waals surface area (Å²) in [6.45, 7) is 7.06. The summed E-state index contributed by atoms with van der Waals surface area (Å²) in [4.78, 5) is 14.2. The smallest absolute Gasteiger partial charge is 0.223 e. The van der Waals surface area contributed by atoms with Crippen molar-refractivity contribution < 1.29 is 4.79 Å². The van der Waals surface area contributed by atoms with E-state index in [1.54, 1.807) is 0 Å². The molecule has 104 valence electrons. The van der Waals surface area contributed by atoms with Crippen LogP contribution in [0.15, 0.2) is 0 Å². The highest BCUT2D eigenvalue weighted by Gasteiger charge is 2.37. The molecule has 1 heterocycles. The molecule has 3 heteroatoms. The molecule has 2 rings (SSSR count). The Bertz CT molecular complexity index is 272. The lowest BCUT2D eigenvalue weighted by atomic mass is 9.77. The Hall–Kier alpha value is -0.570. The number of piperidine rings is 1. The van der Waals surface area contributed by atoms with Crippen molar-refractivity contribution in [1.29, 1.82) is 0 Å². The molecule has 1 aliphatic heterocycles. The van der Waals surface area contributed by atoms with Crippen LogP contribution in [0.2, 0.25) is 0 Å². The maximum absolute atomic E-state index is 12.1. The van der Waals surface area contributed by atoms with Crippen molar-refractivity contribution in [1.82, 2.24) is 10.2 Å². The van der Waals surface area contributed by atoms with Gasteiger partial charge in [0.15, 0.2) is 0 Å². The van der Waals surface area contributed by atoms with Crippen molar-refractivity contribution in [2.75, 3.05) is 19.6 Å². The minimum Gasteiger partial charge on any atom is -0.343 e. The highest BCUT2D eigenvalue weighted by atomic mass is 16.2. The first-order chi connectivity index (χ1) is 8.61. The molecule has 1 N–H and O–H groups in total. The fourth-order valence-corrected chi connectivity index (χ4v) is 3.48. The van der Waals surface area contributed by atoms with Crippen LogP contribution in [0.4, 0.5) is 0 Å². The molecule has 0 atom stereocenters. The maximum Gasteiger partial charge on any atom is 0.223 e. The predicted octanol–water partition coefficient (Wildman–Crippen LogP) is 2.56. The molecule has 1 amide bonds. The molecular weight excluding hydrogens is 224 g/mol. The second-order valence-corrected chi connectivity index (χ2v) is 6.45. The largest absolute Gasteiger partial charge is 0.343 e. The molecule has 0 aromatic rings. The Morgan fingerprint density at radius 1 is 1.17 bits per heavy atom. The number of nitrogens with one attached hydrogen (secondary N) is 1. The van der Waals surface area contributed by atoms with Gasteiger partial charge in [0.05, 0.1) is 0 Å². The fraction of sp³-hybridized carbons (Fsp3) is 0.933. The molecule has 0 aromatic carbocycles. The topological polar surface area (TPSA) is 32.3 Å². The average molecular weight is 252 g/mol. The summed E-state index contributed by atoms with van der Waals surface area (Å²) in [5.74, 6) is 0.344. The molecule has 1 aliphatic carbocycles. The standard InChI is InChI=1S/C15H28N2O/c1-13(2)16-10-5-14(18)17-11-8-15(9-12-17)6-3-4-7-15/h13,16H,3-12H2,1-2H3. The summed E-state index contributed by atoms with van der Waals surface area (Å²) in [6, 6.07) is 0.473. The average Bonchev–Trinajstić information content (AvgIpc) is 2.78. The Morgan fingerprint density at radius 2 is 1.78 bits per heavy atom. The zero-order chi connectivity index (χ0) is 13.0. The molecule has 0 radical (unpaired) electrons. The van der Waals surface area contributed by atoms with Crippen molar-refractivity contribution in [3.8, 4) is 0 Å². The van der Waals surface area contributed by atoms with Gasteiger partial charge in [0, 0.05) is 32.1 Å². The first-order valence-electron chi connectivity index (χ1n) is 7.62. The van der Waals surface area contributed by atoms with Gasteiger partial charge in [-0.1, -0.05) is 26.7 Å². The van der Waals surface area contributed by atoms with Crippen LogP contribution in [0.5, 0.6) is 0 Å². The second-order valence-electron chi connectivity index (χ2n) is 6.45. The van der Waals surface area contributed by atoms with E-state index < -0.39 is 0 Å². The van der Waals surface area contributed by atoms with Crippen molar-refractivity contribution in [3.63, 3.8) is 0 Å². The van der Waals surface area contributed by atoms with E-state index in [2.05, 4.69) is 24.1 Å². The number of carbonyl (C=O) groups excluding carboxylic acids is 1. The van der Waals surface area contributed by atoms with Crippen LogP contribution < -0.4 is 5.32 Å². The highest BCUT2D eigenvalue weighted by molar-refractivity contribution is 5.76. The van der Waals surface area contributed by atoms with Crippen LogP contribution in [-0.2, 0) is 4.79 Å². The van der Waals surface area contributed by atoms with Crippen LogP contribution >= 0.6 is 0 Å². The van der Waals surface area contributed by atoms with E-state index in [1.807, 2.05) is 0 Å². The van der Waals surface area contributed by atoms with Gasteiger partial charge in [0.1, 0.15) is 0 Å². The minimum atomic E-state index is 0.344. The monoisotopic (exact) mass is 252 g/mol. The van der Waals surface area contributed by atoms with Gasteiger partial charge in [0.25, 0.3) is 0 Å². The van der Waals surface area contributed by atoms with Gasteiger partial charge in [0.2, 0.25) is 5.91 Å². The fourth-order valence-electron chi connectivity index (χ4n) is 3.48. The van der Waals surface area contributed by atoms with Gasteiger partial charge in [-0.05, 0) is 31.1 Å². The first kappa shape index (κ1) is 13.9. The van der Waals surface area contributed by atoms with Crippen molar-refractivity contribution in [2.24, 2.45) is 5.41 Å². The lowest BCUT2D eigenvalue weighted by Gasteiger charge is -2.39. The van der Waals surface area contributed by atoms with E-state index in [1.165, 1.54) is 38.5 Å². The van der Waals surface area contributed by atoms with Crippen molar-refractivity contribution in [3.05, 3.63) is 0 Å². The molecule has 3 nitrogen and oxygen atoms in total. The van der Waals surface area contributed by atoms with E-state index in [0.717, 1.165) is 19.6 Å². The second kappa shape index (κ2) is 6.05. The van der Waals surface area contributed by atoms with E-state index in [0.29, 0.717) is 23.8 Å². The quantitative estimate of drug-likeness (QED) is 0.834. The van der Waals surface area contributed by atoms with Crippen LogP contribution in [0.3, 0.4) is 0 Å². The Labute approximate surface area is 111 Å². The highest BCUT2D eigenvalue weighted by Crippen LogP contribution is 2.46. The van der Waals surface area contributed by atoms with Gasteiger partial charge in [-0.2, -0.15) is 0 Å². The number of amides is 1. The van der Waals surface area contributed by atoms with E-state index >= 15 is 0 Å². The summed E-state index contributed by atoms with van der Waals surface area (Å²) in [5, 5.41) is 3.32. The van der Waals surface area contributed by atoms with Gasteiger partial charge < -0.3 is 10.2 Å². The zero-order valence-corrected chi connectivity index (χ0v) is 12.0. The molecule has 0 unspecified atom stereocenters. The molecular formula is C15H28N2O. The number of hydrogen-bond acceptors (Lipinski definition) is 2. The molecule has 2 fully saturated rings. The van der Waals surface area contributed by atoms with Crippen molar-refractivity contribution in [2.45, 2.75) is 64.8 Å². The Balaban J connectivity index is 1.70. The number of nitrogens with zero attached hydrogens (tertiary/aromatic N) is 1. The molecule has 0 aromatic heterocycles. The predicted molar refractivity (Wildman–Crippen MR) is 74.5 cm³/mol. The third kappa shape index (κ3) is 3.47. The third-order valence-corrected chi connectivity index (χ3v) is 4.73. The van der Waals surface area contributed by atoms with Gasteiger partial charge in [-0.25, -0.2) is 0 Å². The summed E-state index contributed by atoms with van der Waals surface area (Å²) in [7, 11) is 0. The lowest BCUT2D eigenvalue weighted by Crippen LogP contribution is -2.43. The molecule has 1 saturated carbocycles. The lowest BCUT2D eigenvalue weighted by molar-refractivity contribution is -0.133. The summed E-state index contributed by atoms with van der Waals surface area (Å²) in [6.07, 6.45) is 8.78. The summed E-state index contributed by atoms with van der Waals surface area (Å²) >= 11 is 0. The van der Waals surface area contributed by atoms with Crippen LogP contribution in [0.25, 0.3) is 0 Å². The molecule has 18 heavy (non-hydrogen) atoms. The normalized spacial score (nSPS) is 22.9. The number of rotatable bonds is 4. The van der Waals surface area contributed by atoms with E-state index in [4.69, 9.17) is 0 Å². The Morgan fingerprint density at radius 3 is 2.33 bits per heavy atom. The molecule has 0 bridgehead atoms. The summed E-state index contributed by atoms with van der Waals surface area (Å²) in [5.41, 5.74) is 0.618. The third-order valence-electron chi connectivity index (χ3n) is 4.73. The van der Waals surface area contributed by atoms with E-state index in [-0.39, 0.29) is 0 Å². The number of hydrogen-bond donors (Lipinski definition) is 1.